The number of thiazole rings is 1. The van der Waals surface area contributed by atoms with E-state index in [0.717, 1.165) is 29.6 Å². The van der Waals surface area contributed by atoms with Gasteiger partial charge >= 0.3 is 12.3 Å². The van der Waals surface area contributed by atoms with Crippen LogP contribution in [0.4, 0.5) is 18.0 Å². The van der Waals surface area contributed by atoms with Gasteiger partial charge in [-0.05, 0) is 33.6 Å². The van der Waals surface area contributed by atoms with E-state index in [0.29, 0.717) is 24.1 Å². The fraction of sp³-hybridized carbons (Fsp3) is 0.706. The second-order valence-corrected chi connectivity index (χ2v) is 8.32. The van der Waals surface area contributed by atoms with Crippen molar-refractivity contribution in [3.8, 4) is 0 Å². The lowest BCUT2D eigenvalue weighted by atomic mass is 10.2. The maximum Gasteiger partial charge on any atom is 0.434 e. The number of ether oxygens (including phenoxy) is 1. The van der Waals surface area contributed by atoms with E-state index in [-0.39, 0.29) is 42.7 Å². The number of rotatable bonds is 6. The van der Waals surface area contributed by atoms with Crippen LogP contribution in [0.25, 0.3) is 0 Å². The quantitative estimate of drug-likeness (QED) is 0.321. The van der Waals surface area contributed by atoms with E-state index in [1.807, 2.05) is 20.8 Å². The Labute approximate surface area is 189 Å². The zero-order chi connectivity index (χ0) is 20.9. The molecule has 1 aromatic rings. The van der Waals surface area contributed by atoms with Gasteiger partial charge in [0.1, 0.15) is 10.6 Å². The normalized spacial score (nSPS) is 14.8. The van der Waals surface area contributed by atoms with Crippen LogP contribution in [0.3, 0.4) is 0 Å². The molecule has 29 heavy (non-hydrogen) atoms. The first kappa shape index (κ1) is 25.7. The van der Waals surface area contributed by atoms with Gasteiger partial charge in [0.2, 0.25) is 0 Å². The van der Waals surface area contributed by atoms with Crippen molar-refractivity contribution in [1.29, 1.82) is 0 Å². The third-order valence-corrected chi connectivity index (χ3v) is 4.58. The minimum atomic E-state index is -4.44. The molecule has 0 saturated heterocycles. The van der Waals surface area contributed by atoms with Crippen LogP contribution in [0, 0.1) is 0 Å². The zero-order valence-corrected chi connectivity index (χ0v) is 19.9. The van der Waals surface area contributed by atoms with E-state index < -0.39 is 17.5 Å². The molecule has 0 atom stereocenters. The Kier molecular flexibility index (Phi) is 9.44. The SMILES string of the molecule is CN=C(NCCN(C(=O)OC(C)(C)C)C1CC1)NCc1nc(C(F)(F)F)cs1.I. The second kappa shape index (κ2) is 10.6. The summed E-state index contributed by atoms with van der Waals surface area (Å²) in [5.74, 6) is 0.420. The predicted octanol–water partition coefficient (Wildman–Crippen LogP) is 3.84. The van der Waals surface area contributed by atoms with Crippen LogP contribution in [0.2, 0.25) is 0 Å². The number of hydrogen-bond donors (Lipinski definition) is 2. The molecule has 7 nitrogen and oxygen atoms in total. The van der Waals surface area contributed by atoms with Gasteiger partial charge in [-0.3, -0.25) is 4.99 Å². The summed E-state index contributed by atoms with van der Waals surface area (Å²) in [5.41, 5.74) is -1.45. The molecule has 0 radical (unpaired) electrons. The predicted molar refractivity (Wildman–Crippen MR) is 117 cm³/mol. The summed E-state index contributed by atoms with van der Waals surface area (Å²) in [4.78, 5) is 21.6. The van der Waals surface area contributed by atoms with E-state index in [1.165, 1.54) is 0 Å². The van der Waals surface area contributed by atoms with E-state index >= 15 is 0 Å². The summed E-state index contributed by atoms with van der Waals surface area (Å²) in [6.45, 7) is 6.46. The zero-order valence-electron chi connectivity index (χ0n) is 16.8. The molecule has 12 heteroatoms. The second-order valence-electron chi connectivity index (χ2n) is 7.38. The molecule has 1 aliphatic carbocycles. The molecule has 166 valence electrons. The third kappa shape index (κ3) is 8.93. The molecule has 0 aromatic carbocycles. The van der Waals surface area contributed by atoms with Crippen molar-refractivity contribution in [2.24, 2.45) is 4.99 Å². The van der Waals surface area contributed by atoms with Gasteiger partial charge in [0, 0.05) is 31.6 Å². The van der Waals surface area contributed by atoms with Gasteiger partial charge in [-0.2, -0.15) is 13.2 Å². The molecule has 1 aromatic heterocycles. The number of alkyl halides is 3. The highest BCUT2D eigenvalue weighted by molar-refractivity contribution is 14.0. The third-order valence-electron chi connectivity index (χ3n) is 3.73. The van der Waals surface area contributed by atoms with Crippen molar-refractivity contribution in [3.63, 3.8) is 0 Å². The summed E-state index contributed by atoms with van der Waals surface area (Å²) in [6.07, 6.45) is -2.87. The van der Waals surface area contributed by atoms with Crippen LogP contribution in [0.5, 0.6) is 0 Å². The minimum Gasteiger partial charge on any atom is -0.444 e. The summed E-state index contributed by atoms with van der Waals surface area (Å²) in [5, 5.41) is 7.27. The van der Waals surface area contributed by atoms with Crippen molar-refractivity contribution in [2.75, 3.05) is 20.1 Å². The Morgan fingerprint density at radius 3 is 2.48 bits per heavy atom. The fourth-order valence-corrected chi connectivity index (χ4v) is 3.07. The number of amides is 1. The van der Waals surface area contributed by atoms with Crippen LogP contribution in [-0.4, -0.2) is 53.7 Å². The molecule has 0 unspecified atom stereocenters. The lowest BCUT2D eigenvalue weighted by Crippen LogP contribution is -2.45. The molecular formula is C17H27F3IN5O2S. The summed E-state index contributed by atoms with van der Waals surface area (Å²) >= 11 is 0.933. The lowest BCUT2D eigenvalue weighted by Gasteiger charge is -2.27. The van der Waals surface area contributed by atoms with Gasteiger partial charge in [-0.15, -0.1) is 35.3 Å². The molecule has 2 N–H and O–H groups in total. The molecule has 1 heterocycles. The molecule has 1 fully saturated rings. The van der Waals surface area contributed by atoms with Crippen LogP contribution < -0.4 is 10.6 Å². The average Bonchev–Trinajstić information content (AvgIpc) is 3.27. The molecule has 0 spiro atoms. The highest BCUT2D eigenvalue weighted by Gasteiger charge is 2.35. The van der Waals surface area contributed by atoms with E-state index in [4.69, 9.17) is 4.74 Å². The number of guanidine groups is 1. The van der Waals surface area contributed by atoms with Crippen molar-refractivity contribution < 1.29 is 22.7 Å². The van der Waals surface area contributed by atoms with Crippen molar-refractivity contribution in [3.05, 3.63) is 16.1 Å². The molecule has 1 saturated carbocycles. The van der Waals surface area contributed by atoms with Crippen molar-refractivity contribution in [1.82, 2.24) is 20.5 Å². The van der Waals surface area contributed by atoms with E-state index in [9.17, 15) is 18.0 Å². The standard InChI is InChI=1S/C17H26F3N5O2S.HI/c1-16(2,3)27-15(26)25(11-5-6-11)8-7-22-14(21-4)23-9-13-24-12(10-28-13)17(18,19)20;/h10-11H,5-9H2,1-4H3,(H2,21,22,23);1H. The van der Waals surface area contributed by atoms with Gasteiger partial charge in [0.05, 0.1) is 6.54 Å². The minimum absolute atomic E-state index is 0. The number of hydrogen-bond acceptors (Lipinski definition) is 5. The van der Waals surface area contributed by atoms with Crippen LogP contribution in [-0.2, 0) is 17.5 Å². The average molecular weight is 549 g/mol. The Morgan fingerprint density at radius 1 is 1.34 bits per heavy atom. The van der Waals surface area contributed by atoms with Crippen LogP contribution in [0.1, 0.15) is 44.3 Å². The van der Waals surface area contributed by atoms with Crippen LogP contribution >= 0.6 is 35.3 Å². The number of aliphatic imine (C=N–C) groups is 1. The number of nitrogens with zero attached hydrogens (tertiary/aromatic N) is 3. The highest BCUT2D eigenvalue weighted by atomic mass is 127. The van der Waals surface area contributed by atoms with Gasteiger partial charge in [-0.1, -0.05) is 0 Å². The van der Waals surface area contributed by atoms with Gasteiger partial charge in [0.15, 0.2) is 11.7 Å². The van der Waals surface area contributed by atoms with Crippen molar-refractivity contribution >= 4 is 47.4 Å². The van der Waals surface area contributed by atoms with Gasteiger partial charge in [-0.25, -0.2) is 9.78 Å². The van der Waals surface area contributed by atoms with Gasteiger partial charge in [0.25, 0.3) is 0 Å². The van der Waals surface area contributed by atoms with E-state index in [1.54, 1.807) is 11.9 Å². The molecule has 1 aliphatic rings. The fourth-order valence-electron chi connectivity index (χ4n) is 2.33. The summed E-state index contributed by atoms with van der Waals surface area (Å²) in [7, 11) is 1.56. The molecule has 0 aliphatic heterocycles. The first-order valence-corrected chi connectivity index (χ1v) is 9.83. The maximum atomic E-state index is 12.6. The van der Waals surface area contributed by atoms with E-state index in [2.05, 4.69) is 20.6 Å². The lowest BCUT2D eigenvalue weighted by molar-refractivity contribution is -0.140. The number of carbonyl (C=O) groups excluding carboxylic acids is 1. The summed E-state index contributed by atoms with van der Waals surface area (Å²) < 4.78 is 43.2. The number of halogens is 4. The topological polar surface area (TPSA) is 78.9 Å². The highest BCUT2D eigenvalue weighted by Crippen LogP contribution is 2.30. The largest absolute Gasteiger partial charge is 0.444 e. The van der Waals surface area contributed by atoms with Crippen molar-refractivity contribution in [2.45, 2.75) is 58.0 Å². The molecule has 1 amide bonds. The Hall–Kier alpha value is -1.31. The number of nitrogens with one attached hydrogen (secondary N) is 2. The first-order chi connectivity index (χ1) is 13.0. The Balaban J connectivity index is 0.00000420. The van der Waals surface area contributed by atoms with Crippen LogP contribution in [0.15, 0.2) is 10.4 Å². The number of aromatic nitrogens is 1. The molecular weight excluding hydrogens is 522 g/mol. The molecule has 0 bridgehead atoms. The Bertz CT molecular complexity index is 702. The monoisotopic (exact) mass is 549 g/mol. The molecule has 2 rings (SSSR count). The first-order valence-electron chi connectivity index (χ1n) is 8.95. The van der Waals surface area contributed by atoms with Gasteiger partial charge < -0.3 is 20.3 Å². The number of carbonyl (C=O) groups is 1. The summed E-state index contributed by atoms with van der Waals surface area (Å²) in [6, 6.07) is 0.197. The maximum absolute atomic E-state index is 12.6. The Morgan fingerprint density at radius 2 is 2.00 bits per heavy atom. The smallest absolute Gasteiger partial charge is 0.434 e.